The summed E-state index contributed by atoms with van der Waals surface area (Å²) in [6.07, 6.45) is 60.4. The summed E-state index contributed by atoms with van der Waals surface area (Å²) in [5, 5.41) is 10.6. The molecular formula is C78H148O17P2. The van der Waals surface area contributed by atoms with Crippen molar-refractivity contribution in [3.63, 3.8) is 0 Å². The molecule has 0 radical (unpaired) electrons. The van der Waals surface area contributed by atoms with Crippen LogP contribution in [0.3, 0.4) is 0 Å². The lowest BCUT2D eigenvalue weighted by molar-refractivity contribution is -0.161. The molecule has 0 amide bonds. The molecular weight excluding hydrogens is 1270 g/mol. The smallest absolute Gasteiger partial charge is 0.462 e. The largest absolute Gasteiger partial charge is 0.472 e. The van der Waals surface area contributed by atoms with Crippen molar-refractivity contribution in [1.82, 2.24) is 0 Å². The van der Waals surface area contributed by atoms with E-state index in [1.165, 1.54) is 180 Å². The lowest BCUT2D eigenvalue weighted by atomic mass is 10.0. The minimum atomic E-state index is -4.97. The van der Waals surface area contributed by atoms with Crippen molar-refractivity contribution in [3.8, 4) is 0 Å². The van der Waals surface area contributed by atoms with Gasteiger partial charge in [0.15, 0.2) is 12.2 Å². The third kappa shape index (κ3) is 71.7. The molecule has 572 valence electrons. The second-order valence-electron chi connectivity index (χ2n) is 28.4. The normalized spacial score (nSPS) is 14.1. The fraction of sp³-hybridized carbons (Fsp3) is 0.897. The molecule has 17 nitrogen and oxygen atoms in total. The monoisotopic (exact) mass is 1420 g/mol. The van der Waals surface area contributed by atoms with Crippen LogP contribution >= 0.6 is 15.6 Å². The first kappa shape index (κ1) is 94.5. The molecule has 0 aliphatic carbocycles. The third-order valence-electron chi connectivity index (χ3n) is 17.6. The molecule has 0 aliphatic heterocycles. The van der Waals surface area contributed by atoms with E-state index in [1.807, 2.05) is 0 Å². The van der Waals surface area contributed by atoms with Gasteiger partial charge in [-0.2, -0.15) is 0 Å². The van der Waals surface area contributed by atoms with Crippen LogP contribution in [-0.4, -0.2) is 96.7 Å². The standard InChI is InChI=1S/C78H148O17P2/c1-7-9-11-13-15-17-19-21-23-25-27-29-38-44-50-56-62-77(82)94-73(66-88-75(80)60-54-48-42-36-28-26-24-22-20-18-16-14-12-10-8-2)68-92-96(84,85)90-64-72(79)65-91-97(86,87)93-69-74(95-78(83)63-57-51-45-39-33-31-35-41-47-53-59-71(5)6)67-89-76(81)61-55-49-43-37-32-30-34-40-46-52-58-70(3)4/h18,20,22,24,70-74,79H,7-17,19,21,23,25-69H2,1-6H3,(H,84,85)(H,86,87)/b20-18-,24-22-/t72-,73-,74-/m1/s1. The van der Waals surface area contributed by atoms with Crippen LogP contribution in [-0.2, 0) is 65.4 Å². The van der Waals surface area contributed by atoms with Gasteiger partial charge in [-0.15, -0.1) is 0 Å². The zero-order valence-electron chi connectivity index (χ0n) is 62.9. The number of aliphatic hydroxyl groups is 1. The van der Waals surface area contributed by atoms with Gasteiger partial charge in [0.2, 0.25) is 0 Å². The molecule has 97 heavy (non-hydrogen) atoms. The number of carbonyl (C=O) groups is 4. The van der Waals surface area contributed by atoms with Crippen LogP contribution in [0.25, 0.3) is 0 Å². The molecule has 0 bridgehead atoms. The Hall–Kier alpha value is -2.46. The molecule has 0 aromatic rings. The van der Waals surface area contributed by atoms with Gasteiger partial charge in [0.25, 0.3) is 0 Å². The average Bonchev–Trinajstić information content (AvgIpc) is 1.13. The van der Waals surface area contributed by atoms with Gasteiger partial charge in [0.1, 0.15) is 19.3 Å². The number of carbonyl (C=O) groups excluding carboxylic acids is 4. The summed E-state index contributed by atoms with van der Waals surface area (Å²) >= 11 is 0. The molecule has 3 N–H and O–H groups in total. The van der Waals surface area contributed by atoms with E-state index >= 15 is 0 Å². The predicted octanol–water partition coefficient (Wildman–Crippen LogP) is 22.7. The van der Waals surface area contributed by atoms with Gasteiger partial charge in [-0.05, 0) is 63.2 Å². The zero-order chi connectivity index (χ0) is 71.4. The van der Waals surface area contributed by atoms with E-state index in [4.69, 9.17) is 37.0 Å². The number of unbranched alkanes of at least 4 members (excludes halogenated alkanes) is 42. The Bertz CT molecular complexity index is 1970. The van der Waals surface area contributed by atoms with Crippen molar-refractivity contribution in [3.05, 3.63) is 24.3 Å². The van der Waals surface area contributed by atoms with E-state index in [-0.39, 0.29) is 25.7 Å². The Labute approximate surface area is 592 Å². The van der Waals surface area contributed by atoms with Crippen LogP contribution in [0.4, 0.5) is 0 Å². The van der Waals surface area contributed by atoms with Crippen molar-refractivity contribution in [2.75, 3.05) is 39.6 Å². The molecule has 0 aromatic carbocycles. The summed E-state index contributed by atoms with van der Waals surface area (Å²) < 4.78 is 68.6. The zero-order valence-corrected chi connectivity index (χ0v) is 64.7. The fourth-order valence-corrected chi connectivity index (χ4v) is 13.0. The molecule has 0 saturated carbocycles. The van der Waals surface area contributed by atoms with Crippen molar-refractivity contribution >= 4 is 39.5 Å². The number of hydrogen-bond acceptors (Lipinski definition) is 15. The maximum atomic E-state index is 13.1. The first-order valence-electron chi connectivity index (χ1n) is 39.8. The highest BCUT2D eigenvalue weighted by Crippen LogP contribution is 2.45. The second-order valence-corrected chi connectivity index (χ2v) is 31.3. The van der Waals surface area contributed by atoms with Gasteiger partial charge in [-0.25, -0.2) is 9.13 Å². The Morgan fingerprint density at radius 2 is 0.557 bits per heavy atom. The van der Waals surface area contributed by atoms with Crippen LogP contribution < -0.4 is 0 Å². The van der Waals surface area contributed by atoms with Crippen LogP contribution in [0.2, 0.25) is 0 Å². The third-order valence-corrected chi connectivity index (χ3v) is 19.5. The molecule has 2 unspecified atom stereocenters. The molecule has 0 heterocycles. The molecule has 19 heteroatoms. The van der Waals surface area contributed by atoms with Crippen molar-refractivity contribution in [2.45, 2.75) is 400 Å². The molecule has 0 saturated heterocycles. The molecule has 0 aromatic heterocycles. The van der Waals surface area contributed by atoms with Gasteiger partial charge in [0, 0.05) is 25.7 Å². The van der Waals surface area contributed by atoms with Crippen molar-refractivity contribution in [2.24, 2.45) is 11.8 Å². The van der Waals surface area contributed by atoms with Gasteiger partial charge in [-0.3, -0.25) is 37.3 Å². The average molecular weight is 1420 g/mol. The van der Waals surface area contributed by atoms with Gasteiger partial charge in [-0.1, -0.05) is 329 Å². The lowest BCUT2D eigenvalue weighted by Crippen LogP contribution is -2.30. The molecule has 0 fully saturated rings. The summed E-state index contributed by atoms with van der Waals surface area (Å²) in [6.45, 7) is 9.53. The summed E-state index contributed by atoms with van der Waals surface area (Å²) in [5.74, 6) is -0.635. The number of rotatable bonds is 75. The highest BCUT2D eigenvalue weighted by atomic mass is 31.2. The number of phosphoric acid groups is 2. The minimum Gasteiger partial charge on any atom is -0.462 e. The Morgan fingerprint density at radius 3 is 0.845 bits per heavy atom. The second kappa shape index (κ2) is 69.3. The molecule has 0 spiro atoms. The highest BCUT2D eigenvalue weighted by Gasteiger charge is 2.30. The minimum absolute atomic E-state index is 0.101. The predicted molar refractivity (Wildman–Crippen MR) is 395 cm³/mol. The maximum absolute atomic E-state index is 13.1. The van der Waals surface area contributed by atoms with Gasteiger partial charge >= 0.3 is 39.5 Å². The van der Waals surface area contributed by atoms with Crippen molar-refractivity contribution in [1.29, 1.82) is 0 Å². The van der Waals surface area contributed by atoms with E-state index in [2.05, 4.69) is 65.8 Å². The van der Waals surface area contributed by atoms with Crippen LogP contribution in [0.15, 0.2) is 24.3 Å². The number of phosphoric ester groups is 2. The molecule has 0 aliphatic rings. The number of hydrogen-bond donors (Lipinski definition) is 3. The SMILES string of the molecule is CCCCCC/C=C\C=C/CCCCCCCC(=O)OC[C@H](COP(=O)(O)OC[C@@H](O)COP(=O)(O)OC[C@@H](COC(=O)CCCCCCCCCCCCC(C)C)OC(=O)CCCCCCCCCCCCC(C)C)OC(=O)CCCCCCCCCCCCCCCCCC. The van der Waals surface area contributed by atoms with E-state index in [0.29, 0.717) is 25.7 Å². The van der Waals surface area contributed by atoms with Crippen LogP contribution in [0, 0.1) is 11.8 Å². The number of aliphatic hydroxyl groups excluding tert-OH is 1. The number of ether oxygens (including phenoxy) is 4. The quantitative estimate of drug-likeness (QED) is 0.0169. The number of esters is 4. The number of allylic oxidation sites excluding steroid dienone is 4. The van der Waals surface area contributed by atoms with Gasteiger partial charge in [0.05, 0.1) is 26.4 Å². The first-order valence-corrected chi connectivity index (χ1v) is 42.8. The first-order chi connectivity index (χ1) is 46.9. The Morgan fingerprint density at radius 1 is 0.320 bits per heavy atom. The molecule has 0 rings (SSSR count). The van der Waals surface area contributed by atoms with Gasteiger partial charge < -0.3 is 33.8 Å². The highest BCUT2D eigenvalue weighted by molar-refractivity contribution is 7.47. The Balaban J connectivity index is 5.30. The fourth-order valence-electron chi connectivity index (χ4n) is 11.5. The summed E-state index contributed by atoms with van der Waals surface area (Å²) in [5.41, 5.74) is 0. The van der Waals surface area contributed by atoms with E-state index in [9.17, 15) is 43.2 Å². The maximum Gasteiger partial charge on any atom is 0.472 e. The van der Waals surface area contributed by atoms with E-state index < -0.39 is 97.5 Å². The van der Waals surface area contributed by atoms with E-state index in [0.717, 1.165) is 121 Å². The summed E-state index contributed by atoms with van der Waals surface area (Å²) in [4.78, 5) is 72.9. The van der Waals surface area contributed by atoms with Crippen molar-refractivity contribution < 1.29 is 80.2 Å². The summed E-state index contributed by atoms with van der Waals surface area (Å²) in [6, 6.07) is 0. The Kier molecular flexibility index (Phi) is 67.5. The summed E-state index contributed by atoms with van der Waals surface area (Å²) in [7, 11) is -9.93. The topological polar surface area (TPSA) is 237 Å². The van der Waals surface area contributed by atoms with Crippen LogP contribution in [0.1, 0.15) is 382 Å². The lowest BCUT2D eigenvalue weighted by Gasteiger charge is -2.21. The molecule has 5 atom stereocenters. The van der Waals surface area contributed by atoms with Crippen LogP contribution in [0.5, 0.6) is 0 Å². The van der Waals surface area contributed by atoms with E-state index in [1.54, 1.807) is 0 Å².